The van der Waals surface area contributed by atoms with Crippen molar-refractivity contribution in [2.75, 3.05) is 13.1 Å². The molecule has 1 aromatic carbocycles. The number of aliphatic carboxylic acids is 1. The average molecular weight is 259 g/mol. The first-order valence-corrected chi connectivity index (χ1v) is 7.11. The number of likely N-dealkylation sites (tertiary alicyclic amines) is 1. The third-order valence-corrected chi connectivity index (χ3v) is 4.89. The van der Waals surface area contributed by atoms with E-state index in [1.165, 1.54) is 11.1 Å². The second-order valence-corrected chi connectivity index (χ2v) is 6.21. The molecule has 0 aromatic heterocycles. The van der Waals surface area contributed by atoms with Crippen LogP contribution < -0.4 is 0 Å². The number of carboxylic acids is 1. The number of carbonyl (C=O) groups is 1. The molecule has 3 heteroatoms. The Kier molecular flexibility index (Phi) is 3.09. The molecular weight excluding hydrogens is 238 g/mol. The van der Waals surface area contributed by atoms with E-state index >= 15 is 0 Å². The highest BCUT2D eigenvalue weighted by Crippen LogP contribution is 2.49. The van der Waals surface area contributed by atoms with Crippen LogP contribution in [-0.4, -0.2) is 29.1 Å². The van der Waals surface area contributed by atoms with Gasteiger partial charge in [-0.05, 0) is 31.2 Å². The minimum Gasteiger partial charge on any atom is -0.481 e. The van der Waals surface area contributed by atoms with Crippen LogP contribution in [0.4, 0.5) is 0 Å². The number of aryl methyl sites for hydroxylation is 1. The molecule has 0 bridgehead atoms. The van der Waals surface area contributed by atoms with Gasteiger partial charge >= 0.3 is 5.97 Å². The second-order valence-electron chi connectivity index (χ2n) is 6.21. The molecule has 1 aromatic rings. The first kappa shape index (κ1) is 12.7. The lowest BCUT2D eigenvalue weighted by Gasteiger charge is -2.23. The predicted octanol–water partition coefficient (Wildman–Crippen LogP) is 2.68. The number of carboxylic acid groups (broad SMARTS) is 1. The van der Waals surface area contributed by atoms with Gasteiger partial charge in [-0.25, -0.2) is 0 Å². The van der Waals surface area contributed by atoms with Gasteiger partial charge in [-0.2, -0.15) is 0 Å². The predicted molar refractivity (Wildman–Crippen MR) is 73.9 cm³/mol. The molecule has 2 aliphatic rings. The normalized spacial score (nSPS) is 30.5. The number of hydrogen-bond donors (Lipinski definition) is 1. The molecule has 0 unspecified atom stereocenters. The van der Waals surface area contributed by atoms with Crippen molar-refractivity contribution in [2.45, 2.75) is 32.7 Å². The summed E-state index contributed by atoms with van der Waals surface area (Å²) in [5.74, 6) is -0.225. The minimum atomic E-state index is -0.582. The standard InChI is InChI=1S/C16H21NO2/c1-12-4-6-13(7-5-12)9-17-10-14-3-2-8-16(14,11-17)15(18)19/h4-7,14H,2-3,8-11H2,1H3,(H,18,19)/t14-,16+/m0/s1. The molecule has 1 N–H and O–H groups in total. The fraction of sp³-hybridized carbons (Fsp3) is 0.562. The summed E-state index contributed by atoms with van der Waals surface area (Å²) < 4.78 is 0. The smallest absolute Gasteiger partial charge is 0.311 e. The first-order chi connectivity index (χ1) is 9.10. The van der Waals surface area contributed by atoms with Crippen molar-refractivity contribution in [1.82, 2.24) is 4.90 Å². The summed E-state index contributed by atoms with van der Waals surface area (Å²) in [5, 5.41) is 9.57. The Hall–Kier alpha value is -1.35. The number of benzene rings is 1. The summed E-state index contributed by atoms with van der Waals surface area (Å²) in [6.07, 6.45) is 3.02. The van der Waals surface area contributed by atoms with Crippen molar-refractivity contribution < 1.29 is 9.90 Å². The summed E-state index contributed by atoms with van der Waals surface area (Å²) in [6, 6.07) is 8.55. The largest absolute Gasteiger partial charge is 0.481 e. The maximum absolute atomic E-state index is 11.6. The van der Waals surface area contributed by atoms with Crippen LogP contribution in [0.25, 0.3) is 0 Å². The Labute approximate surface area is 114 Å². The Bertz CT molecular complexity index is 482. The summed E-state index contributed by atoms with van der Waals surface area (Å²) in [6.45, 7) is 4.64. The minimum absolute atomic E-state index is 0.357. The third kappa shape index (κ3) is 2.16. The van der Waals surface area contributed by atoms with Crippen LogP contribution in [0.2, 0.25) is 0 Å². The Morgan fingerprint density at radius 2 is 2.16 bits per heavy atom. The molecule has 2 fully saturated rings. The van der Waals surface area contributed by atoms with Gasteiger partial charge in [0.2, 0.25) is 0 Å². The number of fused-ring (bicyclic) bond motifs is 1. The Morgan fingerprint density at radius 1 is 1.42 bits per heavy atom. The van der Waals surface area contributed by atoms with Crippen molar-refractivity contribution in [3.63, 3.8) is 0 Å². The summed E-state index contributed by atoms with van der Waals surface area (Å²) in [7, 11) is 0. The van der Waals surface area contributed by atoms with Crippen LogP contribution >= 0.6 is 0 Å². The number of hydrogen-bond acceptors (Lipinski definition) is 2. The Morgan fingerprint density at radius 3 is 2.79 bits per heavy atom. The van der Waals surface area contributed by atoms with E-state index in [2.05, 4.69) is 36.1 Å². The third-order valence-electron chi connectivity index (χ3n) is 4.89. The molecular formula is C16H21NO2. The SMILES string of the molecule is Cc1ccc(CN2C[C@@H]3CCC[C@@]3(C(=O)O)C2)cc1. The molecule has 1 saturated heterocycles. The molecule has 0 amide bonds. The van der Waals surface area contributed by atoms with Crippen LogP contribution in [0, 0.1) is 18.3 Å². The molecule has 19 heavy (non-hydrogen) atoms. The van der Waals surface area contributed by atoms with Crippen LogP contribution in [0.3, 0.4) is 0 Å². The summed E-state index contributed by atoms with van der Waals surface area (Å²) >= 11 is 0. The van der Waals surface area contributed by atoms with Crippen LogP contribution in [-0.2, 0) is 11.3 Å². The van der Waals surface area contributed by atoms with Crippen LogP contribution in [0.1, 0.15) is 30.4 Å². The van der Waals surface area contributed by atoms with Gasteiger partial charge in [0.05, 0.1) is 5.41 Å². The van der Waals surface area contributed by atoms with Crippen molar-refractivity contribution in [3.8, 4) is 0 Å². The molecule has 102 valence electrons. The highest BCUT2D eigenvalue weighted by molar-refractivity contribution is 5.76. The van der Waals surface area contributed by atoms with Gasteiger partial charge in [0.25, 0.3) is 0 Å². The maximum atomic E-state index is 11.6. The lowest BCUT2D eigenvalue weighted by atomic mass is 9.81. The molecule has 2 atom stereocenters. The van der Waals surface area contributed by atoms with Gasteiger partial charge in [-0.15, -0.1) is 0 Å². The van der Waals surface area contributed by atoms with Gasteiger partial charge in [0, 0.05) is 19.6 Å². The molecule has 1 aliphatic heterocycles. The Balaban J connectivity index is 1.72. The highest BCUT2D eigenvalue weighted by Gasteiger charge is 2.54. The van der Waals surface area contributed by atoms with E-state index in [4.69, 9.17) is 0 Å². The van der Waals surface area contributed by atoms with Gasteiger partial charge in [-0.3, -0.25) is 9.69 Å². The molecule has 3 nitrogen and oxygen atoms in total. The van der Waals surface area contributed by atoms with E-state index in [1.54, 1.807) is 0 Å². The molecule has 0 spiro atoms. The summed E-state index contributed by atoms with van der Waals surface area (Å²) in [5.41, 5.74) is 2.10. The fourth-order valence-electron chi connectivity index (χ4n) is 3.82. The summed E-state index contributed by atoms with van der Waals surface area (Å²) in [4.78, 5) is 13.9. The quantitative estimate of drug-likeness (QED) is 0.907. The van der Waals surface area contributed by atoms with Crippen LogP contribution in [0.15, 0.2) is 24.3 Å². The van der Waals surface area contributed by atoms with E-state index < -0.39 is 11.4 Å². The van der Waals surface area contributed by atoms with Crippen molar-refractivity contribution in [1.29, 1.82) is 0 Å². The van der Waals surface area contributed by atoms with E-state index in [0.29, 0.717) is 5.92 Å². The van der Waals surface area contributed by atoms with E-state index in [0.717, 1.165) is 38.9 Å². The van der Waals surface area contributed by atoms with E-state index in [9.17, 15) is 9.90 Å². The van der Waals surface area contributed by atoms with Crippen LogP contribution in [0.5, 0.6) is 0 Å². The fourth-order valence-corrected chi connectivity index (χ4v) is 3.82. The van der Waals surface area contributed by atoms with E-state index in [1.807, 2.05) is 0 Å². The lowest BCUT2D eigenvalue weighted by molar-refractivity contribution is -0.149. The van der Waals surface area contributed by atoms with Crippen molar-refractivity contribution in [3.05, 3.63) is 35.4 Å². The number of nitrogens with zero attached hydrogens (tertiary/aromatic N) is 1. The first-order valence-electron chi connectivity index (χ1n) is 7.11. The zero-order valence-corrected chi connectivity index (χ0v) is 11.4. The molecule has 1 aliphatic carbocycles. The van der Waals surface area contributed by atoms with Crippen molar-refractivity contribution in [2.24, 2.45) is 11.3 Å². The van der Waals surface area contributed by atoms with Gasteiger partial charge in [0.1, 0.15) is 0 Å². The van der Waals surface area contributed by atoms with Gasteiger partial charge in [0.15, 0.2) is 0 Å². The van der Waals surface area contributed by atoms with Gasteiger partial charge < -0.3 is 5.11 Å². The van der Waals surface area contributed by atoms with E-state index in [-0.39, 0.29) is 0 Å². The zero-order chi connectivity index (χ0) is 13.5. The number of rotatable bonds is 3. The molecule has 1 saturated carbocycles. The molecule has 0 radical (unpaired) electrons. The maximum Gasteiger partial charge on any atom is 0.311 e. The monoisotopic (exact) mass is 259 g/mol. The average Bonchev–Trinajstić information content (AvgIpc) is 2.89. The second kappa shape index (κ2) is 4.64. The highest BCUT2D eigenvalue weighted by atomic mass is 16.4. The molecule has 1 heterocycles. The lowest BCUT2D eigenvalue weighted by Crippen LogP contribution is -2.35. The zero-order valence-electron chi connectivity index (χ0n) is 11.4. The van der Waals surface area contributed by atoms with Crippen molar-refractivity contribution >= 4 is 5.97 Å². The molecule has 3 rings (SSSR count). The van der Waals surface area contributed by atoms with Gasteiger partial charge in [-0.1, -0.05) is 36.2 Å². The topological polar surface area (TPSA) is 40.5 Å².